The summed E-state index contributed by atoms with van der Waals surface area (Å²) in [6, 6.07) is 16.2. The Kier molecular flexibility index (Phi) is 8.57. The van der Waals surface area contributed by atoms with Crippen LogP contribution in [0.4, 0.5) is 5.69 Å². The first-order valence-electron chi connectivity index (χ1n) is 10.8. The Labute approximate surface area is 201 Å². The van der Waals surface area contributed by atoms with E-state index < -0.39 is 0 Å². The third-order valence-electron chi connectivity index (χ3n) is 5.63. The second-order valence-corrected chi connectivity index (χ2v) is 7.92. The lowest BCUT2D eigenvalue weighted by Crippen LogP contribution is -2.45. The van der Waals surface area contributed by atoms with E-state index in [9.17, 15) is 4.79 Å². The fourth-order valence-electron chi connectivity index (χ4n) is 3.73. The zero-order valence-electron chi connectivity index (χ0n) is 18.0. The fraction of sp³-hybridized carbons (Fsp3) is 0.417. The SMILES string of the molecule is CN=C(NCC(=O)N1CCCc2ccccc21)NCc1ccccc1OCC1CC1.I. The summed E-state index contributed by atoms with van der Waals surface area (Å²) < 4.78 is 5.98. The van der Waals surface area contributed by atoms with Crippen LogP contribution in [0.2, 0.25) is 0 Å². The van der Waals surface area contributed by atoms with Gasteiger partial charge in [-0.3, -0.25) is 9.79 Å². The molecule has 0 aromatic heterocycles. The second kappa shape index (κ2) is 11.4. The van der Waals surface area contributed by atoms with Crippen molar-refractivity contribution in [3.05, 3.63) is 59.7 Å². The van der Waals surface area contributed by atoms with Crippen molar-refractivity contribution < 1.29 is 9.53 Å². The number of aryl methyl sites for hydroxylation is 1. The van der Waals surface area contributed by atoms with Crippen molar-refractivity contribution in [2.75, 3.05) is 31.6 Å². The van der Waals surface area contributed by atoms with Crippen LogP contribution in [0.15, 0.2) is 53.5 Å². The molecule has 2 aromatic rings. The van der Waals surface area contributed by atoms with Gasteiger partial charge in [-0.1, -0.05) is 36.4 Å². The van der Waals surface area contributed by atoms with Crippen LogP contribution in [-0.2, 0) is 17.8 Å². The van der Waals surface area contributed by atoms with Crippen molar-refractivity contribution in [2.45, 2.75) is 32.2 Å². The van der Waals surface area contributed by atoms with E-state index in [-0.39, 0.29) is 36.4 Å². The van der Waals surface area contributed by atoms with Gasteiger partial charge in [0.25, 0.3) is 0 Å². The number of hydrogen-bond donors (Lipinski definition) is 2. The molecule has 166 valence electrons. The summed E-state index contributed by atoms with van der Waals surface area (Å²) in [5, 5.41) is 6.45. The van der Waals surface area contributed by atoms with Crippen LogP contribution in [-0.4, -0.2) is 38.6 Å². The highest BCUT2D eigenvalue weighted by Crippen LogP contribution is 2.30. The standard InChI is InChI=1S/C24H30N4O2.HI/c1-25-24(26-15-20-8-3-5-11-22(20)30-17-18-12-13-18)27-16-23(29)28-14-6-9-19-7-2-4-10-21(19)28;/h2-5,7-8,10-11,18H,6,9,12-17H2,1H3,(H2,25,26,27);1H. The van der Waals surface area contributed by atoms with Crippen molar-refractivity contribution >= 4 is 41.5 Å². The van der Waals surface area contributed by atoms with Crippen LogP contribution in [0.1, 0.15) is 30.4 Å². The lowest BCUT2D eigenvalue weighted by molar-refractivity contribution is -0.117. The fourth-order valence-corrected chi connectivity index (χ4v) is 3.73. The Balaban J connectivity index is 0.00000272. The molecule has 2 aliphatic rings. The van der Waals surface area contributed by atoms with Gasteiger partial charge in [0, 0.05) is 31.4 Å². The molecular weight excluding hydrogens is 503 g/mol. The molecule has 0 radical (unpaired) electrons. The average Bonchev–Trinajstić information content (AvgIpc) is 3.62. The molecule has 1 amide bonds. The molecule has 0 bridgehead atoms. The van der Waals surface area contributed by atoms with Crippen molar-refractivity contribution in [3.8, 4) is 5.75 Å². The molecule has 1 aliphatic heterocycles. The van der Waals surface area contributed by atoms with E-state index in [1.807, 2.05) is 41.3 Å². The number of halogens is 1. The van der Waals surface area contributed by atoms with Gasteiger partial charge in [-0.05, 0) is 49.3 Å². The number of nitrogens with zero attached hydrogens (tertiary/aromatic N) is 2. The molecule has 4 rings (SSSR count). The van der Waals surface area contributed by atoms with Gasteiger partial charge in [-0.2, -0.15) is 0 Å². The van der Waals surface area contributed by atoms with E-state index in [1.54, 1.807) is 7.05 Å². The molecule has 1 saturated carbocycles. The van der Waals surface area contributed by atoms with E-state index in [1.165, 1.54) is 18.4 Å². The summed E-state index contributed by atoms with van der Waals surface area (Å²) in [4.78, 5) is 19.0. The molecule has 2 aromatic carbocycles. The van der Waals surface area contributed by atoms with Gasteiger partial charge in [0.15, 0.2) is 5.96 Å². The number of ether oxygens (including phenoxy) is 1. The zero-order chi connectivity index (χ0) is 20.8. The maximum Gasteiger partial charge on any atom is 0.246 e. The van der Waals surface area contributed by atoms with Crippen molar-refractivity contribution in [1.82, 2.24) is 10.6 Å². The van der Waals surface area contributed by atoms with Gasteiger partial charge >= 0.3 is 0 Å². The number of benzene rings is 2. The van der Waals surface area contributed by atoms with E-state index >= 15 is 0 Å². The number of amides is 1. The predicted molar refractivity (Wildman–Crippen MR) is 135 cm³/mol. The third kappa shape index (κ3) is 6.35. The number of anilines is 1. The molecule has 1 fully saturated rings. The topological polar surface area (TPSA) is 66.0 Å². The molecule has 1 heterocycles. The third-order valence-corrected chi connectivity index (χ3v) is 5.63. The Hall–Kier alpha value is -2.29. The van der Waals surface area contributed by atoms with E-state index in [2.05, 4.69) is 27.8 Å². The molecule has 2 N–H and O–H groups in total. The molecule has 1 aliphatic carbocycles. The zero-order valence-corrected chi connectivity index (χ0v) is 20.3. The van der Waals surface area contributed by atoms with Gasteiger partial charge in [0.05, 0.1) is 13.2 Å². The van der Waals surface area contributed by atoms with Crippen molar-refractivity contribution in [1.29, 1.82) is 0 Å². The normalized spacial score (nSPS) is 15.5. The largest absolute Gasteiger partial charge is 0.493 e. The van der Waals surface area contributed by atoms with Crippen molar-refractivity contribution in [3.63, 3.8) is 0 Å². The predicted octanol–water partition coefficient (Wildman–Crippen LogP) is 3.74. The van der Waals surface area contributed by atoms with E-state index in [0.717, 1.165) is 43.0 Å². The molecule has 0 saturated heterocycles. The first-order chi connectivity index (χ1) is 14.7. The first-order valence-corrected chi connectivity index (χ1v) is 10.8. The number of nitrogens with one attached hydrogen (secondary N) is 2. The molecule has 31 heavy (non-hydrogen) atoms. The molecular formula is C24H31IN4O2. The van der Waals surface area contributed by atoms with E-state index in [0.29, 0.717) is 18.4 Å². The Morgan fingerprint density at radius 3 is 2.71 bits per heavy atom. The molecule has 0 atom stereocenters. The number of guanidine groups is 1. The Bertz CT molecular complexity index is 914. The van der Waals surface area contributed by atoms with Gasteiger partial charge in [-0.25, -0.2) is 0 Å². The summed E-state index contributed by atoms with van der Waals surface area (Å²) in [6.07, 6.45) is 4.56. The van der Waals surface area contributed by atoms with Gasteiger partial charge < -0.3 is 20.3 Å². The Morgan fingerprint density at radius 1 is 1.13 bits per heavy atom. The highest BCUT2D eigenvalue weighted by molar-refractivity contribution is 14.0. The second-order valence-electron chi connectivity index (χ2n) is 7.92. The quantitative estimate of drug-likeness (QED) is 0.323. The van der Waals surface area contributed by atoms with Crippen LogP contribution >= 0.6 is 24.0 Å². The monoisotopic (exact) mass is 534 g/mol. The summed E-state index contributed by atoms with van der Waals surface area (Å²) in [5.41, 5.74) is 3.35. The summed E-state index contributed by atoms with van der Waals surface area (Å²) in [6.45, 7) is 2.33. The highest BCUT2D eigenvalue weighted by Gasteiger charge is 2.23. The lowest BCUT2D eigenvalue weighted by Gasteiger charge is -2.29. The Morgan fingerprint density at radius 2 is 1.90 bits per heavy atom. The minimum atomic E-state index is 0. The number of hydrogen-bond acceptors (Lipinski definition) is 3. The average molecular weight is 534 g/mol. The van der Waals surface area contributed by atoms with Gasteiger partial charge in [0.1, 0.15) is 5.75 Å². The van der Waals surface area contributed by atoms with Crippen molar-refractivity contribution in [2.24, 2.45) is 10.9 Å². The maximum absolute atomic E-state index is 12.8. The maximum atomic E-state index is 12.8. The van der Waals surface area contributed by atoms with Crippen LogP contribution in [0, 0.1) is 5.92 Å². The van der Waals surface area contributed by atoms with Crippen LogP contribution < -0.4 is 20.3 Å². The molecule has 0 spiro atoms. The number of para-hydroxylation sites is 2. The van der Waals surface area contributed by atoms with Gasteiger partial charge in [0.2, 0.25) is 5.91 Å². The number of carbonyl (C=O) groups is 1. The lowest BCUT2D eigenvalue weighted by atomic mass is 10.0. The number of aliphatic imine (C=N–C) groups is 1. The minimum Gasteiger partial charge on any atom is -0.493 e. The highest BCUT2D eigenvalue weighted by atomic mass is 127. The number of carbonyl (C=O) groups excluding carboxylic acids is 1. The smallest absolute Gasteiger partial charge is 0.246 e. The molecule has 0 unspecified atom stereocenters. The minimum absolute atomic E-state index is 0. The van der Waals surface area contributed by atoms with Crippen LogP contribution in [0.25, 0.3) is 0 Å². The first kappa shape index (κ1) is 23.4. The summed E-state index contributed by atoms with van der Waals surface area (Å²) >= 11 is 0. The number of rotatable bonds is 7. The molecule has 7 heteroatoms. The van der Waals surface area contributed by atoms with Crippen LogP contribution in [0.3, 0.4) is 0 Å². The number of fused-ring (bicyclic) bond motifs is 1. The van der Waals surface area contributed by atoms with Gasteiger partial charge in [-0.15, -0.1) is 24.0 Å². The van der Waals surface area contributed by atoms with E-state index in [4.69, 9.17) is 4.74 Å². The summed E-state index contributed by atoms with van der Waals surface area (Å²) in [5.74, 6) is 2.28. The summed E-state index contributed by atoms with van der Waals surface area (Å²) in [7, 11) is 1.71. The molecule has 6 nitrogen and oxygen atoms in total. The van der Waals surface area contributed by atoms with Crippen LogP contribution in [0.5, 0.6) is 5.75 Å².